The topological polar surface area (TPSA) is 42.0 Å². The molecule has 1 rings (SSSR count). The molecule has 0 radical (unpaired) electrons. The van der Waals surface area contributed by atoms with Crippen molar-refractivity contribution in [3.05, 3.63) is 41.7 Å². The van der Waals surface area contributed by atoms with Gasteiger partial charge in [0, 0.05) is 30.6 Å². The number of halogens is 3. The van der Waals surface area contributed by atoms with Crippen LogP contribution in [0.15, 0.2) is 36.2 Å². The summed E-state index contributed by atoms with van der Waals surface area (Å²) in [6.07, 6.45) is -0.832. The summed E-state index contributed by atoms with van der Waals surface area (Å²) in [5, 5.41) is 2.35. The Morgan fingerprint density at radius 2 is 2.24 bits per heavy atom. The molecular weight excluding hydrogens is 233 g/mol. The molecule has 92 valence electrons. The maximum absolute atomic E-state index is 12.1. The minimum absolute atomic E-state index is 0.147. The van der Waals surface area contributed by atoms with Gasteiger partial charge in [0.2, 0.25) is 5.91 Å². The summed E-state index contributed by atoms with van der Waals surface area (Å²) in [4.78, 5) is 15.0. The predicted octanol–water partition coefficient (Wildman–Crippen LogP) is 2.21. The lowest BCUT2D eigenvalue weighted by Crippen LogP contribution is -2.22. The summed E-state index contributed by atoms with van der Waals surface area (Å²) < 4.78 is 36.3. The van der Waals surface area contributed by atoms with Gasteiger partial charge in [-0.3, -0.25) is 9.78 Å². The molecule has 1 heterocycles. The summed E-state index contributed by atoms with van der Waals surface area (Å²) in [5.41, 5.74) is -0.208. The summed E-state index contributed by atoms with van der Waals surface area (Å²) in [5.74, 6) is -0.774. The average molecular weight is 244 g/mol. The van der Waals surface area contributed by atoms with Crippen molar-refractivity contribution in [2.45, 2.75) is 19.6 Å². The van der Waals surface area contributed by atoms with Gasteiger partial charge in [0.25, 0.3) is 0 Å². The number of hydrogen-bond acceptors (Lipinski definition) is 2. The van der Waals surface area contributed by atoms with Gasteiger partial charge in [0.15, 0.2) is 0 Å². The quantitative estimate of drug-likeness (QED) is 0.828. The molecule has 0 saturated carbocycles. The van der Waals surface area contributed by atoms with Crippen molar-refractivity contribution in [2.24, 2.45) is 0 Å². The van der Waals surface area contributed by atoms with Crippen LogP contribution in [0.25, 0.3) is 0 Å². The van der Waals surface area contributed by atoms with E-state index in [1.54, 1.807) is 18.3 Å². The molecule has 3 nitrogen and oxygen atoms in total. The fraction of sp³-hybridized carbons (Fsp3) is 0.273. The van der Waals surface area contributed by atoms with Gasteiger partial charge in [-0.25, -0.2) is 0 Å². The molecule has 1 N–H and O–H groups in total. The Balaban J connectivity index is 2.52. The van der Waals surface area contributed by atoms with Crippen LogP contribution in [0.1, 0.15) is 12.5 Å². The van der Waals surface area contributed by atoms with Gasteiger partial charge < -0.3 is 5.32 Å². The number of allylic oxidation sites excluding steroid dienone is 1. The fourth-order valence-electron chi connectivity index (χ4n) is 1.02. The first kappa shape index (κ1) is 13.2. The number of amides is 1. The SMILES string of the molecule is C/C(=C\C(=O)NCc1cccnc1)C(F)(F)F. The van der Waals surface area contributed by atoms with Gasteiger partial charge >= 0.3 is 6.18 Å². The number of nitrogens with zero attached hydrogens (tertiary/aromatic N) is 1. The van der Waals surface area contributed by atoms with Crippen molar-refractivity contribution >= 4 is 5.91 Å². The second kappa shape index (κ2) is 5.47. The zero-order chi connectivity index (χ0) is 12.9. The molecule has 0 spiro atoms. The third-order valence-electron chi connectivity index (χ3n) is 1.98. The van der Waals surface area contributed by atoms with Crippen LogP contribution >= 0.6 is 0 Å². The molecule has 0 unspecified atom stereocenters. The third kappa shape index (κ3) is 4.67. The Hall–Kier alpha value is -1.85. The highest BCUT2D eigenvalue weighted by atomic mass is 19.4. The van der Waals surface area contributed by atoms with E-state index in [1.807, 2.05) is 0 Å². The molecule has 1 aromatic rings. The first-order valence-electron chi connectivity index (χ1n) is 4.82. The highest BCUT2D eigenvalue weighted by Crippen LogP contribution is 2.24. The molecule has 0 aliphatic carbocycles. The Bertz CT molecular complexity index is 412. The lowest BCUT2D eigenvalue weighted by atomic mass is 10.2. The predicted molar refractivity (Wildman–Crippen MR) is 55.9 cm³/mol. The molecule has 0 aromatic carbocycles. The molecule has 17 heavy (non-hydrogen) atoms. The zero-order valence-electron chi connectivity index (χ0n) is 9.08. The molecule has 0 bridgehead atoms. The normalized spacial score (nSPS) is 12.4. The van der Waals surface area contributed by atoms with E-state index in [1.165, 1.54) is 6.20 Å². The van der Waals surface area contributed by atoms with Gasteiger partial charge in [-0.05, 0) is 18.6 Å². The number of carbonyl (C=O) groups is 1. The Labute approximate surface area is 96.4 Å². The van der Waals surface area contributed by atoms with Crippen molar-refractivity contribution in [1.82, 2.24) is 10.3 Å². The number of alkyl halides is 3. The van der Waals surface area contributed by atoms with Crippen molar-refractivity contribution < 1.29 is 18.0 Å². The summed E-state index contributed by atoms with van der Waals surface area (Å²) >= 11 is 0. The number of pyridine rings is 1. The van der Waals surface area contributed by atoms with Crippen molar-refractivity contribution in [1.29, 1.82) is 0 Å². The van der Waals surface area contributed by atoms with E-state index in [9.17, 15) is 18.0 Å². The smallest absolute Gasteiger partial charge is 0.348 e. The molecule has 0 fully saturated rings. The van der Waals surface area contributed by atoms with Crippen LogP contribution in [-0.4, -0.2) is 17.1 Å². The molecule has 6 heteroatoms. The molecule has 1 aromatic heterocycles. The summed E-state index contributed by atoms with van der Waals surface area (Å²) in [6.45, 7) is 0.998. The molecule has 0 aliphatic rings. The van der Waals surface area contributed by atoms with Gasteiger partial charge in [-0.1, -0.05) is 6.07 Å². The van der Waals surface area contributed by atoms with E-state index < -0.39 is 17.7 Å². The lowest BCUT2D eigenvalue weighted by molar-refractivity contribution is -0.118. The highest BCUT2D eigenvalue weighted by molar-refractivity contribution is 5.88. The standard InChI is InChI=1S/C11H11F3N2O/c1-8(11(12,13)14)5-10(17)16-7-9-3-2-4-15-6-9/h2-6H,7H2,1H3,(H,16,17)/b8-5+. The maximum Gasteiger partial charge on any atom is 0.412 e. The van der Waals surface area contributed by atoms with Crippen LogP contribution in [0.4, 0.5) is 13.2 Å². The maximum atomic E-state index is 12.1. The first-order valence-corrected chi connectivity index (χ1v) is 4.82. The van der Waals surface area contributed by atoms with E-state index in [0.717, 1.165) is 12.5 Å². The first-order chi connectivity index (χ1) is 7.89. The van der Waals surface area contributed by atoms with Gasteiger partial charge in [-0.15, -0.1) is 0 Å². The number of rotatable bonds is 3. The molecule has 0 aliphatic heterocycles. The van der Waals surface area contributed by atoms with Crippen molar-refractivity contribution in [2.75, 3.05) is 0 Å². The highest BCUT2D eigenvalue weighted by Gasteiger charge is 2.30. The van der Waals surface area contributed by atoms with E-state index in [2.05, 4.69) is 10.3 Å². The van der Waals surface area contributed by atoms with Crippen LogP contribution in [0.3, 0.4) is 0 Å². The van der Waals surface area contributed by atoms with Gasteiger partial charge in [0.1, 0.15) is 0 Å². The van der Waals surface area contributed by atoms with E-state index in [4.69, 9.17) is 0 Å². The third-order valence-corrected chi connectivity index (χ3v) is 1.98. The lowest BCUT2D eigenvalue weighted by Gasteiger charge is -2.06. The van der Waals surface area contributed by atoms with Crippen LogP contribution in [0.5, 0.6) is 0 Å². The number of hydrogen-bond donors (Lipinski definition) is 1. The molecule has 1 amide bonds. The summed E-state index contributed by atoms with van der Waals surface area (Å²) in [7, 11) is 0. The largest absolute Gasteiger partial charge is 0.412 e. The minimum Gasteiger partial charge on any atom is -0.348 e. The Morgan fingerprint density at radius 1 is 1.53 bits per heavy atom. The van der Waals surface area contributed by atoms with Crippen LogP contribution in [0.2, 0.25) is 0 Å². The minimum atomic E-state index is -4.47. The fourth-order valence-corrected chi connectivity index (χ4v) is 1.02. The molecule has 0 atom stereocenters. The Morgan fingerprint density at radius 3 is 2.76 bits per heavy atom. The van der Waals surface area contributed by atoms with Crippen molar-refractivity contribution in [3.63, 3.8) is 0 Å². The van der Waals surface area contributed by atoms with E-state index >= 15 is 0 Å². The number of nitrogens with one attached hydrogen (secondary N) is 1. The number of carbonyl (C=O) groups excluding carboxylic acids is 1. The van der Waals surface area contributed by atoms with Crippen LogP contribution < -0.4 is 5.32 Å². The van der Waals surface area contributed by atoms with Crippen LogP contribution in [0, 0.1) is 0 Å². The van der Waals surface area contributed by atoms with Gasteiger partial charge in [-0.2, -0.15) is 13.2 Å². The second-order valence-electron chi connectivity index (χ2n) is 3.40. The zero-order valence-corrected chi connectivity index (χ0v) is 9.08. The number of aromatic nitrogens is 1. The van der Waals surface area contributed by atoms with E-state index in [-0.39, 0.29) is 6.54 Å². The molecular formula is C11H11F3N2O. The Kier molecular flexibility index (Phi) is 4.25. The monoisotopic (exact) mass is 244 g/mol. The van der Waals surface area contributed by atoms with E-state index in [0.29, 0.717) is 6.08 Å². The molecule has 0 saturated heterocycles. The average Bonchev–Trinajstić information content (AvgIpc) is 2.26. The van der Waals surface area contributed by atoms with Crippen LogP contribution in [-0.2, 0) is 11.3 Å². The second-order valence-corrected chi connectivity index (χ2v) is 3.40. The summed E-state index contributed by atoms with van der Waals surface area (Å²) in [6, 6.07) is 3.39. The van der Waals surface area contributed by atoms with Gasteiger partial charge in [0.05, 0.1) is 0 Å². The van der Waals surface area contributed by atoms with Crippen molar-refractivity contribution in [3.8, 4) is 0 Å².